The van der Waals surface area contributed by atoms with E-state index < -0.39 is 41.4 Å². The van der Waals surface area contributed by atoms with E-state index in [1.54, 1.807) is 35.0 Å². The Hall–Kier alpha value is -3.52. The molecule has 0 aliphatic heterocycles. The first-order valence-electron chi connectivity index (χ1n) is 9.30. The molecule has 0 fully saturated rings. The summed E-state index contributed by atoms with van der Waals surface area (Å²) in [4.78, 5) is 11.4. The van der Waals surface area contributed by atoms with Crippen molar-refractivity contribution in [3.8, 4) is 5.75 Å². The lowest BCUT2D eigenvalue weighted by Crippen LogP contribution is -2.08. The van der Waals surface area contributed by atoms with Gasteiger partial charge >= 0.3 is 5.97 Å². The second kappa shape index (κ2) is 8.55. The van der Waals surface area contributed by atoms with Gasteiger partial charge in [0.2, 0.25) is 0 Å². The molecule has 4 nitrogen and oxygen atoms in total. The first kappa shape index (κ1) is 21.7. The van der Waals surface area contributed by atoms with Crippen molar-refractivity contribution in [1.29, 1.82) is 0 Å². The lowest BCUT2D eigenvalue weighted by molar-refractivity contribution is 0.0699. The summed E-state index contributed by atoms with van der Waals surface area (Å²) >= 11 is 6.09. The average molecular weight is 464 g/mol. The Morgan fingerprint density at radius 3 is 2.41 bits per heavy atom. The van der Waals surface area contributed by atoms with Crippen LogP contribution in [0.2, 0.25) is 5.02 Å². The summed E-state index contributed by atoms with van der Waals surface area (Å²) in [5.74, 6) is -6.98. The van der Waals surface area contributed by atoms with E-state index in [-0.39, 0.29) is 23.9 Å². The van der Waals surface area contributed by atoms with Crippen LogP contribution in [0, 0.1) is 23.3 Å². The monoisotopic (exact) mass is 463 g/mol. The van der Waals surface area contributed by atoms with Crippen molar-refractivity contribution < 1.29 is 32.2 Å². The summed E-state index contributed by atoms with van der Waals surface area (Å²) in [7, 11) is 0. The van der Waals surface area contributed by atoms with E-state index in [1.807, 2.05) is 0 Å². The number of benzene rings is 3. The standard InChI is InChI=1S/C23H14ClF4NO3/c24-13-4-5-20(32-11-16-21(27)17(25)9-18(26)22(16)28)12(8-13)10-29-7-6-14-15(23(30)31)2-1-3-19(14)29/h1-9H,10-11H2,(H,30,31). The van der Waals surface area contributed by atoms with E-state index >= 15 is 0 Å². The summed E-state index contributed by atoms with van der Waals surface area (Å²) in [5, 5.41) is 10.3. The highest BCUT2D eigenvalue weighted by Crippen LogP contribution is 2.29. The third-order valence-electron chi connectivity index (χ3n) is 4.98. The molecule has 164 valence electrons. The van der Waals surface area contributed by atoms with Crippen molar-refractivity contribution in [2.24, 2.45) is 0 Å². The molecule has 1 heterocycles. The number of nitrogens with zero attached hydrogens (tertiary/aromatic N) is 1. The summed E-state index contributed by atoms with van der Waals surface area (Å²) in [6, 6.07) is 11.2. The van der Waals surface area contributed by atoms with Crippen LogP contribution in [0.4, 0.5) is 17.6 Å². The minimum Gasteiger partial charge on any atom is -0.488 e. The van der Waals surface area contributed by atoms with Crippen LogP contribution in [0.25, 0.3) is 10.9 Å². The molecule has 0 atom stereocenters. The van der Waals surface area contributed by atoms with Gasteiger partial charge in [-0.15, -0.1) is 0 Å². The minimum atomic E-state index is -1.53. The van der Waals surface area contributed by atoms with Crippen LogP contribution in [0.1, 0.15) is 21.5 Å². The molecule has 1 N–H and O–H groups in total. The molecular formula is C23H14ClF4NO3. The summed E-state index contributed by atoms with van der Waals surface area (Å²) in [6.45, 7) is -0.568. The van der Waals surface area contributed by atoms with E-state index in [0.29, 0.717) is 21.5 Å². The fraction of sp³-hybridized carbons (Fsp3) is 0.0870. The van der Waals surface area contributed by atoms with Crippen molar-refractivity contribution in [2.45, 2.75) is 13.2 Å². The van der Waals surface area contributed by atoms with Crippen LogP contribution < -0.4 is 4.74 Å². The second-order valence-corrected chi connectivity index (χ2v) is 7.41. The topological polar surface area (TPSA) is 51.5 Å². The zero-order valence-corrected chi connectivity index (χ0v) is 17.0. The Labute approximate surface area is 184 Å². The molecule has 9 heteroatoms. The first-order valence-corrected chi connectivity index (χ1v) is 9.68. The number of halogens is 5. The highest BCUT2D eigenvalue weighted by molar-refractivity contribution is 6.30. The number of rotatable bonds is 6. The minimum absolute atomic E-state index is 0.129. The number of ether oxygens (including phenoxy) is 1. The van der Waals surface area contributed by atoms with Crippen LogP contribution in [0.3, 0.4) is 0 Å². The SMILES string of the molecule is O=C(O)c1cccc2c1ccn2Cc1cc(Cl)ccc1OCc1c(F)c(F)cc(F)c1F. The van der Waals surface area contributed by atoms with Crippen molar-refractivity contribution in [2.75, 3.05) is 0 Å². The Kier molecular flexibility index (Phi) is 5.80. The Morgan fingerprint density at radius 2 is 1.72 bits per heavy atom. The number of hydrogen-bond acceptors (Lipinski definition) is 2. The highest BCUT2D eigenvalue weighted by atomic mass is 35.5. The van der Waals surface area contributed by atoms with Crippen LogP contribution in [-0.2, 0) is 13.2 Å². The lowest BCUT2D eigenvalue weighted by Gasteiger charge is -2.15. The molecule has 4 rings (SSSR count). The van der Waals surface area contributed by atoms with Gasteiger partial charge in [0.15, 0.2) is 23.3 Å². The van der Waals surface area contributed by atoms with Gasteiger partial charge in [-0.05, 0) is 36.4 Å². The number of aromatic nitrogens is 1. The third-order valence-corrected chi connectivity index (χ3v) is 5.22. The van der Waals surface area contributed by atoms with Gasteiger partial charge in [0, 0.05) is 33.8 Å². The summed E-state index contributed by atoms with van der Waals surface area (Å²) in [6.07, 6.45) is 1.68. The normalized spacial score (nSPS) is 11.2. The number of carbonyl (C=O) groups is 1. The molecule has 3 aromatic carbocycles. The molecule has 0 radical (unpaired) electrons. The first-order chi connectivity index (χ1) is 15.3. The largest absolute Gasteiger partial charge is 0.488 e. The van der Waals surface area contributed by atoms with E-state index in [9.17, 15) is 27.5 Å². The maximum Gasteiger partial charge on any atom is 0.336 e. The zero-order valence-electron chi connectivity index (χ0n) is 16.2. The second-order valence-electron chi connectivity index (χ2n) is 6.97. The predicted octanol–water partition coefficient (Wildman–Crippen LogP) is 6.18. The van der Waals surface area contributed by atoms with Crippen LogP contribution in [-0.4, -0.2) is 15.6 Å². The van der Waals surface area contributed by atoms with Crippen LogP contribution >= 0.6 is 11.6 Å². The molecule has 4 aromatic rings. The van der Waals surface area contributed by atoms with Crippen molar-refractivity contribution in [3.63, 3.8) is 0 Å². The van der Waals surface area contributed by atoms with Crippen molar-refractivity contribution in [3.05, 3.63) is 99.7 Å². The number of hydrogen-bond donors (Lipinski definition) is 1. The summed E-state index contributed by atoms with van der Waals surface area (Å²) < 4.78 is 62.1. The molecule has 0 aliphatic rings. The molecule has 0 amide bonds. The Balaban J connectivity index is 1.67. The predicted molar refractivity (Wildman–Crippen MR) is 110 cm³/mol. The summed E-state index contributed by atoms with van der Waals surface area (Å²) in [5.41, 5.74) is 0.414. The van der Waals surface area contributed by atoms with Gasteiger partial charge in [-0.3, -0.25) is 0 Å². The van der Waals surface area contributed by atoms with Gasteiger partial charge in [-0.25, -0.2) is 22.4 Å². The number of carboxylic acid groups (broad SMARTS) is 1. The lowest BCUT2D eigenvalue weighted by atomic mass is 10.1. The number of fused-ring (bicyclic) bond motifs is 1. The Bertz CT molecular complexity index is 1330. The third kappa shape index (κ3) is 4.01. The van der Waals surface area contributed by atoms with E-state index in [0.717, 1.165) is 0 Å². The molecule has 0 spiro atoms. The van der Waals surface area contributed by atoms with Crippen molar-refractivity contribution >= 4 is 28.5 Å². The molecule has 0 aliphatic carbocycles. The Morgan fingerprint density at radius 1 is 1.00 bits per heavy atom. The zero-order chi connectivity index (χ0) is 23.0. The van der Waals surface area contributed by atoms with Crippen LogP contribution in [0.15, 0.2) is 54.7 Å². The van der Waals surface area contributed by atoms with Gasteiger partial charge in [-0.2, -0.15) is 0 Å². The molecule has 0 saturated carbocycles. The molecular weight excluding hydrogens is 450 g/mol. The van der Waals surface area contributed by atoms with Crippen molar-refractivity contribution in [1.82, 2.24) is 4.57 Å². The van der Waals surface area contributed by atoms with Gasteiger partial charge in [0.1, 0.15) is 12.4 Å². The van der Waals surface area contributed by atoms with Gasteiger partial charge in [0.25, 0.3) is 0 Å². The number of carboxylic acids is 1. The molecule has 1 aromatic heterocycles. The molecule has 0 saturated heterocycles. The van der Waals surface area contributed by atoms with E-state index in [4.69, 9.17) is 16.3 Å². The quantitative estimate of drug-likeness (QED) is 0.274. The maximum atomic E-state index is 14.0. The highest BCUT2D eigenvalue weighted by Gasteiger charge is 2.20. The number of aromatic carboxylic acids is 1. The average Bonchev–Trinajstić information content (AvgIpc) is 3.16. The van der Waals surface area contributed by atoms with Gasteiger partial charge in [-0.1, -0.05) is 17.7 Å². The molecule has 0 bridgehead atoms. The molecule has 0 unspecified atom stereocenters. The molecule has 32 heavy (non-hydrogen) atoms. The fourth-order valence-electron chi connectivity index (χ4n) is 3.44. The van der Waals surface area contributed by atoms with Gasteiger partial charge < -0.3 is 14.4 Å². The van der Waals surface area contributed by atoms with Gasteiger partial charge in [0.05, 0.1) is 17.7 Å². The van der Waals surface area contributed by atoms with E-state index in [2.05, 4.69) is 0 Å². The maximum absolute atomic E-state index is 14.0. The fourth-order valence-corrected chi connectivity index (χ4v) is 3.64. The van der Waals surface area contributed by atoms with E-state index in [1.165, 1.54) is 18.2 Å². The smallest absolute Gasteiger partial charge is 0.336 e. The van der Waals surface area contributed by atoms with Crippen LogP contribution in [0.5, 0.6) is 5.75 Å².